The zero-order chi connectivity index (χ0) is 24.5. The smallest absolute Gasteiger partial charge is 0.340 e. The third kappa shape index (κ3) is 6.57. The highest BCUT2D eigenvalue weighted by Crippen LogP contribution is 2.20. The van der Waals surface area contributed by atoms with Crippen molar-refractivity contribution in [1.82, 2.24) is 20.2 Å². The molecule has 10 nitrogen and oxygen atoms in total. The van der Waals surface area contributed by atoms with E-state index in [0.717, 1.165) is 11.1 Å². The fourth-order valence-corrected chi connectivity index (χ4v) is 3.37. The Balaban J connectivity index is 1.35. The zero-order valence-electron chi connectivity index (χ0n) is 18.6. The summed E-state index contributed by atoms with van der Waals surface area (Å²) in [6.45, 7) is -0.605. The summed E-state index contributed by atoms with van der Waals surface area (Å²) in [6.07, 6.45) is 1.95. The van der Waals surface area contributed by atoms with Crippen molar-refractivity contribution in [2.24, 2.45) is 0 Å². The van der Waals surface area contributed by atoms with Gasteiger partial charge in [0.05, 0.1) is 11.3 Å². The molecule has 3 aromatic carbocycles. The Hall–Kier alpha value is -4.86. The minimum Gasteiger partial charge on any atom is -0.452 e. The van der Waals surface area contributed by atoms with Gasteiger partial charge >= 0.3 is 5.97 Å². The molecule has 0 aliphatic rings. The maximum absolute atomic E-state index is 12.6. The second-order valence-electron chi connectivity index (χ2n) is 7.54. The molecule has 1 heterocycles. The molecule has 35 heavy (non-hydrogen) atoms. The van der Waals surface area contributed by atoms with Crippen molar-refractivity contribution in [1.29, 1.82) is 0 Å². The number of benzene rings is 3. The van der Waals surface area contributed by atoms with Crippen LogP contribution in [0.25, 0.3) is 0 Å². The van der Waals surface area contributed by atoms with Gasteiger partial charge in [-0.05, 0) is 46.2 Å². The molecule has 0 saturated carbocycles. The molecular weight excluding hydrogens is 448 g/mol. The summed E-state index contributed by atoms with van der Waals surface area (Å²) < 4.78 is 6.45. The highest BCUT2D eigenvalue weighted by molar-refractivity contribution is 6.02. The number of aromatic nitrogens is 4. The first-order valence-corrected chi connectivity index (χ1v) is 10.8. The van der Waals surface area contributed by atoms with E-state index in [9.17, 15) is 14.4 Å². The minimum atomic E-state index is -0.740. The summed E-state index contributed by atoms with van der Waals surface area (Å²) in [5, 5.41) is 16.0. The van der Waals surface area contributed by atoms with Crippen molar-refractivity contribution in [2.45, 2.75) is 13.0 Å². The SMILES string of the molecule is O=C(COC(=O)c1ccccc1NC(=O)Cn1cnnn1)Nc1ccccc1Cc1ccccc1. The maximum atomic E-state index is 12.6. The maximum Gasteiger partial charge on any atom is 0.340 e. The molecule has 0 aliphatic heterocycles. The second kappa shape index (κ2) is 11.3. The Labute approximate surface area is 200 Å². The molecule has 0 atom stereocenters. The molecule has 10 heteroatoms. The van der Waals surface area contributed by atoms with Crippen molar-refractivity contribution >= 4 is 29.2 Å². The number of carbonyl (C=O) groups excluding carboxylic acids is 3. The zero-order valence-corrected chi connectivity index (χ0v) is 18.6. The lowest BCUT2D eigenvalue weighted by Gasteiger charge is -2.13. The van der Waals surface area contributed by atoms with Gasteiger partial charge in [-0.25, -0.2) is 9.48 Å². The summed E-state index contributed by atoms with van der Waals surface area (Å²) >= 11 is 0. The van der Waals surface area contributed by atoms with E-state index >= 15 is 0 Å². The van der Waals surface area contributed by atoms with Gasteiger partial charge < -0.3 is 15.4 Å². The van der Waals surface area contributed by atoms with Crippen LogP contribution in [0.4, 0.5) is 11.4 Å². The van der Waals surface area contributed by atoms with Crippen LogP contribution in [0, 0.1) is 0 Å². The lowest BCUT2D eigenvalue weighted by Crippen LogP contribution is -2.23. The van der Waals surface area contributed by atoms with E-state index in [1.54, 1.807) is 24.3 Å². The van der Waals surface area contributed by atoms with Crippen molar-refractivity contribution in [3.05, 3.63) is 102 Å². The number of amides is 2. The van der Waals surface area contributed by atoms with E-state index < -0.39 is 24.4 Å². The van der Waals surface area contributed by atoms with E-state index in [-0.39, 0.29) is 17.8 Å². The lowest BCUT2D eigenvalue weighted by molar-refractivity contribution is -0.119. The number of nitrogens with one attached hydrogen (secondary N) is 2. The molecule has 176 valence electrons. The summed E-state index contributed by atoms with van der Waals surface area (Å²) in [6, 6.07) is 23.7. The van der Waals surface area contributed by atoms with Crippen LogP contribution in [0.15, 0.2) is 85.2 Å². The van der Waals surface area contributed by atoms with Gasteiger partial charge in [-0.2, -0.15) is 0 Å². The Bertz CT molecular complexity index is 1310. The second-order valence-corrected chi connectivity index (χ2v) is 7.54. The quantitative estimate of drug-likeness (QED) is 0.360. The van der Waals surface area contributed by atoms with Crippen molar-refractivity contribution in [3.8, 4) is 0 Å². The number of hydrogen-bond acceptors (Lipinski definition) is 7. The van der Waals surface area contributed by atoms with Gasteiger partial charge in [0.1, 0.15) is 12.9 Å². The first kappa shape index (κ1) is 23.3. The van der Waals surface area contributed by atoms with Gasteiger partial charge in [0.15, 0.2) is 6.61 Å². The predicted molar refractivity (Wildman–Crippen MR) is 127 cm³/mol. The van der Waals surface area contributed by atoms with Gasteiger partial charge in [-0.15, -0.1) is 5.10 Å². The van der Waals surface area contributed by atoms with Gasteiger partial charge in [-0.3, -0.25) is 9.59 Å². The number of anilines is 2. The van der Waals surface area contributed by atoms with Crippen molar-refractivity contribution in [3.63, 3.8) is 0 Å². The molecule has 1 aromatic heterocycles. The minimum absolute atomic E-state index is 0.120. The summed E-state index contributed by atoms with van der Waals surface area (Å²) in [5.41, 5.74) is 3.07. The van der Waals surface area contributed by atoms with E-state index in [0.29, 0.717) is 12.1 Å². The van der Waals surface area contributed by atoms with E-state index in [1.807, 2.05) is 48.5 Å². The van der Waals surface area contributed by atoms with Crippen LogP contribution in [-0.2, 0) is 27.3 Å². The molecule has 0 unspecified atom stereocenters. The highest BCUT2D eigenvalue weighted by atomic mass is 16.5. The molecule has 2 N–H and O–H groups in total. The van der Waals surface area contributed by atoms with Crippen LogP contribution in [0.1, 0.15) is 21.5 Å². The summed E-state index contributed by atoms with van der Waals surface area (Å²) in [5.74, 6) is -1.64. The Kier molecular flexibility index (Phi) is 7.54. The monoisotopic (exact) mass is 470 g/mol. The van der Waals surface area contributed by atoms with Crippen LogP contribution in [0.3, 0.4) is 0 Å². The number of esters is 1. The first-order chi connectivity index (χ1) is 17.1. The predicted octanol–water partition coefficient (Wildman–Crippen LogP) is 2.70. The van der Waals surface area contributed by atoms with Gasteiger partial charge in [-0.1, -0.05) is 60.7 Å². The standard InChI is InChI=1S/C25H22N6O4/c32-23(15-31-17-26-29-30-31)28-22-13-7-5-11-20(22)25(34)35-16-24(33)27-21-12-6-4-10-19(21)14-18-8-2-1-3-9-18/h1-13,17H,14-16H2,(H,27,33)(H,28,32). The first-order valence-electron chi connectivity index (χ1n) is 10.8. The fourth-order valence-electron chi connectivity index (χ4n) is 3.37. The number of rotatable bonds is 9. The molecule has 4 aromatic rings. The number of para-hydroxylation sites is 2. The number of nitrogens with zero attached hydrogens (tertiary/aromatic N) is 4. The Morgan fingerprint density at radius 3 is 2.26 bits per heavy atom. The average molecular weight is 470 g/mol. The third-order valence-corrected chi connectivity index (χ3v) is 4.98. The van der Waals surface area contributed by atoms with Crippen LogP contribution >= 0.6 is 0 Å². The molecular formula is C25H22N6O4. The van der Waals surface area contributed by atoms with Crippen LogP contribution in [0.5, 0.6) is 0 Å². The van der Waals surface area contributed by atoms with E-state index in [1.165, 1.54) is 17.1 Å². The molecule has 0 saturated heterocycles. The highest BCUT2D eigenvalue weighted by Gasteiger charge is 2.17. The summed E-state index contributed by atoms with van der Waals surface area (Å²) in [4.78, 5) is 37.4. The third-order valence-electron chi connectivity index (χ3n) is 4.98. The van der Waals surface area contributed by atoms with Crippen molar-refractivity contribution < 1.29 is 19.1 Å². The fraction of sp³-hybridized carbons (Fsp3) is 0.120. The van der Waals surface area contributed by atoms with Crippen LogP contribution in [-0.4, -0.2) is 44.6 Å². The average Bonchev–Trinajstić information content (AvgIpc) is 3.37. The van der Waals surface area contributed by atoms with Crippen LogP contribution in [0.2, 0.25) is 0 Å². The molecule has 4 rings (SSSR count). The lowest BCUT2D eigenvalue weighted by atomic mass is 10.0. The molecule has 0 aliphatic carbocycles. The molecule has 0 fully saturated rings. The number of ether oxygens (including phenoxy) is 1. The molecule has 0 spiro atoms. The normalized spacial score (nSPS) is 10.4. The van der Waals surface area contributed by atoms with E-state index in [4.69, 9.17) is 4.74 Å². The topological polar surface area (TPSA) is 128 Å². The number of hydrogen-bond donors (Lipinski definition) is 2. The van der Waals surface area contributed by atoms with Gasteiger partial charge in [0.25, 0.3) is 5.91 Å². The molecule has 2 amide bonds. The molecule has 0 radical (unpaired) electrons. The Morgan fingerprint density at radius 2 is 1.49 bits per heavy atom. The molecule has 0 bridgehead atoms. The number of tetrazole rings is 1. The van der Waals surface area contributed by atoms with Gasteiger partial charge in [0.2, 0.25) is 5.91 Å². The van der Waals surface area contributed by atoms with Crippen molar-refractivity contribution in [2.75, 3.05) is 17.2 Å². The largest absolute Gasteiger partial charge is 0.452 e. The number of carbonyl (C=O) groups is 3. The van der Waals surface area contributed by atoms with E-state index in [2.05, 4.69) is 26.2 Å². The van der Waals surface area contributed by atoms with Gasteiger partial charge in [0, 0.05) is 5.69 Å². The summed E-state index contributed by atoms with van der Waals surface area (Å²) in [7, 11) is 0. The van der Waals surface area contributed by atoms with Crippen LogP contribution < -0.4 is 10.6 Å². The Morgan fingerprint density at radius 1 is 0.800 bits per heavy atom.